The van der Waals surface area contributed by atoms with Crippen molar-refractivity contribution in [3.8, 4) is 0 Å². The van der Waals surface area contributed by atoms with Crippen molar-refractivity contribution in [3.63, 3.8) is 0 Å². The SMILES string of the molecule is C[N+]1(Br)CCC(=O)N1.[KH]. The Balaban J connectivity index is 0.000000640. The summed E-state index contributed by atoms with van der Waals surface area (Å²) in [5.41, 5.74) is 2.71. The number of quaternary nitrogens is 1. The molecule has 0 radical (unpaired) electrons. The third-order valence-corrected chi connectivity index (χ3v) is 1.65. The molecule has 3 nitrogen and oxygen atoms in total. The first-order valence-corrected chi connectivity index (χ1v) is 3.17. The number of halogens is 1. The summed E-state index contributed by atoms with van der Waals surface area (Å²) in [5, 5.41) is 0. The molecule has 0 saturated carbocycles. The van der Waals surface area contributed by atoms with Crippen LogP contribution in [-0.2, 0) is 4.79 Å². The second kappa shape index (κ2) is 3.80. The summed E-state index contributed by atoms with van der Waals surface area (Å²) in [7, 11) is 1.89. The first-order chi connectivity index (χ1) is 3.60. The first kappa shape index (κ1) is 10.5. The van der Waals surface area contributed by atoms with Crippen LogP contribution in [0.15, 0.2) is 0 Å². The monoisotopic (exact) mass is 219 g/mol. The van der Waals surface area contributed by atoms with Gasteiger partial charge in [0.1, 0.15) is 13.6 Å². The van der Waals surface area contributed by atoms with Gasteiger partial charge in [-0.05, 0) is 0 Å². The third kappa shape index (κ3) is 3.45. The quantitative estimate of drug-likeness (QED) is 0.434. The van der Waals surface area contributed by atoms with Crippen LogP contribution >= 0.6 is 16.1 Å². The summed E-state index contributed by atoms with van der Waals surface area (Å²) in [6.45, 7) is 0.832. The van der Waals surface area contributed by atoms with Crippen molar-refractivity contribution in [3.05, 3.63) is 0 Å². The number of nitrogens with one attached hydrogen (secondary N) is 1. The molecule has 1 N–H and O–H groups in total. The van der Waals surface area contributed by atoms with E-state index in [0.717, 1.165) is 6.54 Å². The van der Waals surface area contributed by atoms with E-state index in [1.807, 2.05) is 7.05 Å². The number of hydrogen-bond acceptors (Lipinski definition) is 1. The Morgan fingerprint density at radius 2 is 2.33 bits per heavy atom. The van der Waals surface area contributed by atoms with Crippen LogP contribution in [0.3, 0.4) is 0 Å². The average molecular weight is 220 g/mol. The van der Waals surface area contributed by atoms with E-state index in [9.17, 15) is 4.79 Å². The Morgan fingerprint density at radius 1 is 1.78 bits per heavy atom. The van der Waals surface area contributed by atoms with Crippen LogP contribution in [0.1, 0.15) is 6.42 Å². The standard InChI is InChI=1S/C4H7BrN2O.K.H/c1-7(5)3-2-4(8)6-7;;/h2-3H2,1H3;;/p+1. The fraction of sp³-hybridized carbons (Fsp3) is 0.750. The van der Waals surface area contributed by atoms with Crippen LogP contribution in [0.25, 0.3) is 0 Å². The van der Waals surface area contributed by atoms with Crippen LogP contribution in [-0.4, -0.2) is 74.5 Å². The summed E-state index contributed by atoms with van der Waals surface area (Å²) in [6, 6.07) is 0. The number of carbonyl (C=O) groups excluding carboxylic acids is 1. The fourth-order valence-electron chi connectivity index (χ4n) is 0.683. The second-order valence-corrected chi connectivity index (χ2v) is 3.65. The Labute approximate surface area is 105 Å². The Morgan fingerprint density at radius 3 is 2.44 bits per heavy atom. The van der Waals surface area contributed by atoms with Gasteiger partial charge < -0.3 is 0 Å². The molecule has 0 bridgehead atoms. The van der Waals surface area contributed by atoms with E-state index in [-0.39, 0.29) is 57.3 Å². The number of carbonyl (C=O) groups is 1. The molecular formula is C4H9BrKN2O+. The molecule has 9 heavy (non-hydrogen) atoms. The zero-order chi connectivity index (χ0) is 6.20. The van der Waals surface area contributed by atoms with E-state index in [2.05, 4.69) is 21.6 Å². The summed E-state index contributed by atoms with van der Waals surface area (Å²) < 4.78 is 0.450. The van der Waals surface area contributed by atoms with Crippen LogP contribution in [0.2, 0.25) is 0 Å². The van der Waals surface area contributed by atoms with E-state index in [0.29, 0.717) is 10.0 Å². The summed E-state index contributed by atoms with van der Waals surface area (Å²) >= 11 is 3.29. The van der Waals surface area contributed by atoms with E-state index < -0.39 is 0 Å². The topological polar surface area (TPSA) is 29.1 Å². The van der Waals surface area contributed by atoms with Gasteiger partial charge in [-0.15, -0.1) is 0 Å². The van der Waals surface area contributed by atoms with Crippen LogP contribution in [0.4, 0.5) is 0 Å². The molecule has 1 amide bonds. The minimum atomic E-state index is 0. The summed E-state index contributed by atoms with van der Waals surface area (Å²) in [5.74, 6) is 0.115. The molecule has 0 aliphatic carbocycles. The molecule has 0 aromatic heterocycles. The van der Waals surface area contributed by atoms with Crippen LogP contribution in [0.5, 0.6) is 0 Å². The number of amides is 1. The maximum atomic E-state index is 10.5. The Hall–Kier alpha value is 1.55. The summed E-state index contributed by atoms with van der Waals surface area (Å²) in [6.07, 6.45) is 0.627. The van der Waals surface area contributed by atoms with Crippen LogP contribution < -0.4 is 5.43 Å². The zero-order valence-corrected chi connectivity index (χ0v) is 6.23. The van der Waals surface area contributed by atoms with E-state index in [1.165, 1.54) is 0 Å². The zero-order valence-electron chi connectivity index (χ0n) is 4.65. The fourth-order valence-corrected chi connectivity index (χ4v) is 1.06. The molecule has 48 valence electrons. The average Bonchev–Trinajstić information content (AvgIpc) is 1.82. The van der Waals surface area contributed by atoms with Gasteiger partial charge in [0.25, 0.3) is 22.1 Å². The predicted molar refractivity (Wildman–Crippen MR) is 39.9 cm³/mol. The molecule has 1 saturated heterocycles. The molecule has 5 heteroatoms. The Kier molecular flexibility index (Phi) is 4.45. The molecule has 1 unspecified atom stereocenters. The summed E-state index contributed by atoms with van der Waals surface area (Å²) in [4.78, 5) is 10.5. The van der Waals surface area contributed by atoms with Gasteiger partial charge in [-0.25, -0.2) is 0 Å². The van der Waals surface area contributed by atoms with Gasteiger partial charge in [-0.1, -0.05) is 0 Å². The predicted octanol–water partition coefficient (Wildman–Crippen LogP) is -0.471. The normalized spacial score (nSPS) is 33.3. The number of hydrogen-bond donors (Lipinski definition) is 1. The third-order valence-electron chi connectivity index (χ3n) is 1.12. The van der Waals surface area contributed by atoms with E-state index in [1.54, 1.807) is 0 Å². The molecule has 1 atom stereocenters. The molecule has 0 spiro atoms. The van der Waals surface area contributed by atoms with Crippen molar-refractivity contribution in [1.82, 2.24) is 5.43 Å². The Bertz CT molecular complexity index is 128. The molecule has 1 heterocycles. The maximum absolute atomic E-state index is 10.5. The van der Waals surface area contributed by atoms with Crippen molar-refractivity contribution in [2.75, 3.05) is 13.6 Å². The van der Waals surface area contributed by atoms with Gasteiger partial charge >= 0.3 is 51.4 Å². The van der Waals surface area contributed by atoms with Gasteiger partial charge in [0.05, 0.1) is 6.42 Å². The van der Waals surface area contributed by atoms with Gasteiger partial charge in [-0.3, -0.25) is 4.79 Å². The minimum absolute atomic E-state index is 0. The van der Waals surface area contributed by atoms with Crippen molar-refractivity contribution in [1.29, 1.82) is 0 Å². The van der Waals surface area contributed by atoms with E-state index >= 15 is 0 Å². The van der Waals surface area contributed by atoms with Crippen molar-refractivity contribution >= 4 is 73.4 Å². The van der Waals surface area contributed by atoms with Crippen molar-refractivity contribution < 1.29 is 8.41 Å². The van der Waals surface area contributed by atoms with Gasteiger partial charge in [0.2, 0.25) is 0 Å². The first-order valence-electron chi connectivity index (χ1n) is 2.46. The molecule has 1 fully saturated rings. The van der Waals surface area contributed by atoms with Gasteiger partial charge in [-0.2, -0.15) is 9.04 Å². The van der Waals surface area contributed by atoms with Gasteiger partial charge in [0.15, 0.2) is 0 Å². The second-order valence-electron chi connectivity index (χ2n) is 2.08. The van der Waals surface area contributed by atoms with Gasteiger partial charge in [0, 0.05) is 0 Å². The number of nitrogens with zero attached hydrogens (tertiary/aromatic N) is 1. The van der Waals surface area contributed by atoms with Crippen molar-refractivity contribution in [2.24, 2.45) is 0 Å². The van der Waals surface area contributed by atoms with Crippen LogP contribution in [0, 0.1) is 0 Å². The number of rotatable bonds is 0. The molecule has 1 rings (SSSR count). The molecule has 1 aliphatic rings. The van der Waals surface area contributed by atoms with E-state index in [4.69, 9.17) is 0 Å². The molecule has 1 aliphatic heterocycles. The van der Waals surface area contributed by atoms with Crippen molar-refractivity contribution in [2.45, 2.75) is 6.42 Å². The molecule has 0 aromatic rings. The molecule has 0 aromatic carbocycles. The molecular weight excluding hydrogens is 211 g/mol.